The summed E-state index contributed by atoms with van der Waals surface area (Å²) < 4.78 is 5.36. The number of fused-ring (bicyclic) bond motifs is 1. The van der Waals surface area contributed by atoms with Crippen LogP contribution in [0.25, 0.3) is 0 Å². The number of Topliss-reactive ketones (excluding diaryl/α,β-unsaturated/α-hetero) is 1. The minimum atomic E-state index is -0.0984. The van der Waals surface area contributed by atoms with Crippen molar-refractivity contribution >= 4 is 5.78 Å². The highest BCUT2D eigenvalue weighted by Crippen LogP contribution is 2.52. The van der Waals surface area contributed by atoms with Gasteiger partial charge in [-0.1, -0.05) is 13.8 Å². The number of carbonyl (C=O) groups is 1. The molecule has 2 nitrogen and oxygen atoms in total. The summed E-state index contributed by atoms with van der Waals surface area (Å²) in [6.45, 7) is 6.30. The van der Waals surface area contributed by atoms with Crippen molar-refractivity contribution in [1.82, 2.24) is 0 Å². The number of carbonyl (C=O) groups excluding carboxylic acids is 1. The van der Waals surface area contributed by atoms with Crippen LogP contribution in [0.15, 0.2) is 0 Å². The smallest absolute Gasteiger partial charge is 0.165 e. The summed E-state index contributed by atoms with van der Waals surface area (Å²) >= 11 is 0. The van der Waals surface area contributed by atoms with Gasteiger partial charge in [0, 0.05) is 6.42 Å². The summed E-state index contributed by atoms with van der Waals surface area (Å²) in [6, 6.07) is 0. The van der Waals surface area contributed by atoms with Crippen LogP contribution < -0.4 is 0 Å². The molecule has 1 aliphatic carbocycles. The van der Waals surface area contributed by atoms with Crippen LogP contribution >= 0.6 is 0 Å². The normalized spacial score (nSPS) is 46.8. The Hall–Kier alpha value is -0.370. The fourth-order valence-corrected chi connectivity index (χ4v) is 2.35. The summed E-state index contributed by atoms with van der Waals surface area (Å²) in [5.41, 5.74) is 0.0532. The zero-order valence-electron chi connectivity index (χ0n) is 7.31. The molecule has 11 heavy (non-hydrogen) atoms. The number of hydrogen-bond acceptors (Lipinski definition) is 2. The molecule has 0 aromatic rings. The van der Waals surface area contributed by atoms with E-state index < -0.39 is 0 Å². The Bertz CT molecular complexity index is 217. The van der Waals surface area contributed by atoms with Gasteiger partial charge >= 0.3 is 0 Å². The first kappa shape index (κ1) is 7.29. The van der Waals surface area contributed by atoms with Gasteiger partial charge in [0.2, 0.25) is 0 Å². The molecule has 1 unspecified atom stereocenters. The molecular formula is C9H14O2. The standard InChI is InChI=1S/C9H14O2/c1-8(2)4-6(10)7-9(3,5-8)11-7/h7H,4-5H2,1-3H3/t7?,9-/m1/s1. The van der Waals surface area contributed by atoms with E-state index in [1.165, 1.54) is 0 Å². The van der Waals surface area contributed by atoms with E-state index in [1.54, 1.807) is 0 Å². The maximum atomic E-state index is 11.3. The van der Waals surface area contributed by atoms with Gasteiger partial charge in [0.1, 0.15) is 11.7 Å². The Morgan fingerprint density at radius 3 is 2.64 bits per heavy atom. The second kappa shape index (κ2) is 1.69. The Kier molecular flexibility index (Phi) is 1.12. The van der Waals surface area contributed by atoms with Gasteiger partial charge in [-0.2, -0.15) is 0 Å². The number of epoxide rings is 1. The van der Waals surface area contributed by atoms with Gasteiger partial charge in [-0.3, -0.25) is 4.79 Å². The van der Waals surface area contributed by atoms with Crippen LogP contribution in [0, 0.1) is 5.41 Å². The van der Waals surface area contributed by atoms with Crippen LogP contribution in [0.5, 0.6) is 0 Å². The molecule has 62 valence electrons. The van der Waals surface area contributed by atoms with Crippen LogP contribution in [0.3, 0.4) is 0 Å². The first-order valence-electron chi connectivity index (χ1n) is 4.14. The summed E-state index contributed by atoms with van der Waals surface area (Å²) in [5.74, 6) is 0.295. The van der Waals surface area contributed by atoms with E-state index in [1.807, 2.05) is 6.92 Å². The fourth-order valence-electron chi connectivity index (χ4n) is 2.35. The monoisotopic (exact) mass is 154 g/mol. The molecule has 0 spiro atoms. The lowest BCUT2D eigenvalue weighted by Gasteiger charge is -2.29. The zero-order chi connectivity index (χ0) is 8.28. The fraction of sp³-hybridized carbons (Fsp3) is 0.889. The second-order valence-corrected chi connectivity index (χ2v) is 4.79. The van der Waals surface area contributed by atoms with Crippen molar-refractivity contribution in [1.29, 1.82) is 0 Å². The molecule has 2 heteroatoms. The van der Waals surface area contributed by atoms with Crippen molar-refractivity contribution in [2.24, 2.45) is 5.41 Å². The zero-order valence-corrected chi connectivity index (χ0v) is 7.31. The van der Waals surface area contributed by atoms with E-state index in [2.05, 4.69) is 13.8 Å². The maximum absolute atomic E-state index is 11.3. The average molecular weight is 154 g/mol. The topological polar surface area (TPSA) is 29.6 Å². The van der Waals surface area contributed by atoms with Crippen LogP contribution in [-0.2, 0) is 9.53 Å². The molecule has 1 saturated carbocycles. The Labute approximate surface area is 66.9 Å². The van der Waals surface area contributed by atoms with Gasteiger partial charge in [-0.25, -0.2) is 0 Å². The van der Waals surface area contributed by atoms with Crippen molar-refractivity contribution < 1.29 is 9.53 Å². The van der Waals surface area contributed by atoms with Crippen LogP contribution in [0.1, 0.15) is 33.6 Å². The SMILES string of the molecule is CC1(C)CC(=O)C2O[C@]2(C)C1. The van der Waals surface area contributed by atoms with Gasteiger partial charge in [-0.05, 0) is 18.8 Å². The largest absolute Gasteiger partial charge is 0.358 e. The minimum absolute atomic E-state index is 0.0597. The van der Waals surface area contributed by atoms with Crippen molar-refractivity contribution in [2.45, 2.75) is 45.3 Å². The minimum Gasteiger partial charge on any atom is -0.358 e. The predicted molar refractivity (Wildman–Crippen MR) is 41.3 cm³/mol. The molecule has 1 saturated heterocycles. The van der Waals surface area contributed by atoms with E-state index in [-0.39, 0.29) is 17.1 Å². The molecule has 1 aliphatic heterocycles. The highest BCUT2D eigenvalue weighted by Gasteiger charge is 2.62. The third-order valence-electron chi connectivity index (χ3n) is 2.66. The molecule has 0 amide bonds. The lowest BCUT2D eigenvalue weighted by molar-refractivity contribution is -0.123. The van der Waals surface area contributed by atoms with E-state index in [9.17, 15) is 4.79 Å². The third kappa shape index (κ3) is 1.00. The quantitative estimate of drug-likeness (QED) is 0.495. The summed E-state index contributed by atoms with van der Waals surface area (Å²) in [6.07, 6.45) is 1.65. The van der Waals surface area contributed by atoms with E-state index in [0.717, 1.165) is 6.42 Å². The molecule has 0 aromatic heterocycles. The molecule has 2 atom stereocenters. The van der Waals surface area contributed by atoms with Gasteiger partial charge in [0.25, 0.3) is 0 Å². The number of rotatable bonds is 0. The van der Waals surface area contributed by atoms with Gasteiger partial charge in [0.05, 0.1) is 0 Å². The molecule has 0 bridgehead atoms. The average Bonchev–Trinajstić information content (AvgIpc) is 2.36. The highest BCUT2D eigenvalue weighted by molar-refractivity contribution is 5.88. The van der Waals surface area contributed by atoms with Crippen molar-refractivity contribution in [2.75, 3.05) is 0 Å². The molecule has 2 aliphatic rings. The molecule has 0 radical (unpaired) electrons. The first-order valence-corrected chi connectivity index (χ1v) is 4.14. The van der Waals surface area contributed by atoms with E-state index >= 15 is 0 Å². The van der Waals surface area contributed by atoms with Crippen LogP contribution in [0.2, 0.25) is 0 Å². The van der Waals surface area contributed by atoms with Crippen molar-refractivity contribution in [3.05, 3.63) is 0 Å². The highest BCUT2D eigenvalue weighted by atomic mass is 16.6. The number of ketones is 1. The molecule has 0 N–H and O–H groups in total. The van der Waals surface area contributed by atoms with Gasteiger partial charge in [0.15, 0.2) is 5.78 Å². The number of hydrogen-bond donors (Lipinski definition) is 0. The predicted octanol–water partition coefficient (Wildman–Crippen LogP) is 1.53. The number of ether oxygens (including phenoxy) is 1. The summed E-state index contributed by atoms with van der Waals surface area (Å²) in [7, 11) is 0. The summed E-state index contributed by atoms with van der Waals surface area (Å²) in [5, 5.41) is 0. The molecule has 2 fully saturated rings. The van der Waals surface area contributed by atoms with Crippen LogP contribution in [0.4, 0.5) is 0 Å². The Morgan fingerprint density at radius 1 is 1.45 bits per heavy atom. The van der Waals surface area contributed by atoms with E-state index in [0.29, 0.717) is 12.2 Å². The molecular weight excluding hydrogens is 140 g/mol. The lowest BCUT2D eigenvalue weighted by Crippen LogP contribution is -2.34. The molecule has 0 aromatic carbocycles. The van der Waals surface area contributed by atoms with E-state index in [4.69, 9.17) is 4.74 Å². The van der Waals surface area contributed by atoms with Crippen molar-refractivity contribution in [3.8, 4) is 0 Å². The molecule has 1 heterocycles. The Morgan fingerprint density at radius 2 is 2.09 bits per heavy atom. The second-order valence-electron chi connectivity index (χ2n) is 4.79. The van der Waals surface area contributed by atoms with Crippen molar-refractivity contribution in [3.63, 3.8) is 0 Å². The first-order chi connectivity index (χ1) is 4.93. The maximum Gasteiger partial charge on any atom is 0.165 e. The van der Waals surface area contributed by atoms with Gasteiger partial charge < -0.3 is 4.74 Å². The lowest BCUT2D eigenvalue weighted by atomic mass is 9.72. The third-order valence-corrected chi connectivity index (χ3v) is 2.66. The summed E-state index contributed by atoms with van der Waals surface area (Å²) in [4.78, 5) is 11.3. The van der Waals surface area contributed by atoms with Gasteiger partial charge in [-0.15, -0.1) is 0 Å². The molecule has 2 rings (SSSR count). The Balaban J connectivity index is 2.21. The van der Waals surface area contributed by atoms with Crippen LogP contribution in [-0.4, -0.2) is 17.5 Å².